The summed E-state index contributed by atoms with van der Waals surface area (Å²) in [7, 11) is 0. The van der Waals surface area contributed by atoms with Crippen LogP contribution < -0.4 is 10.6 Å². The first-order valence-corrected chi connectivity index (χ1v) is 11.5. The zero-order valence-electron chi connectivity index (χ0n) is 18.7. The Bertz CT molecular complexity index is 1240. The van der Waals surface area contributed by atoms with Crippen molar-refractivity contribution < 1.29 is 19.5 Å². The van der Waals surface area contributed by atoms with Crippen LogP contribution in [0.4, 0.5) is 16.2 Å². The first-order valence-electron chi connectivity index (χ1n) is 11.1. The Balaban J connectivity index is 1.46. The largest absolute Gasteiger partial charge is 0.481 e. The molecule has 0 unspecified atom stereocenters. The van der Waals surface area contributed by atoms with E-state index in [1.165, 1.54) is 0 Å². The van der Waals surface area contributed by atoms with Crippen molar-refractivity contribution in [2.75, 3.05) is 10.6 Å². The number of carboxylic acid groups (broad SMARTS) is 1. The summed E-state index contributed by atoms with van der Waals surface area (Å²) in [5.74, 6) is -1.01. The molecule has 0 aliphatic heterocycles. The average Bonchev–Trinajstić information content (AvgIpc) is 2.82. The van der Waals surface area contributed by atoms with Crippen molar-refractivity contribution in [1.29, 1.82) is 0 Å². The number of aliphatic carboxylic acids is 1. The molecule has 0 aromatic heterocycles. The molecule has 2 amide bonds. The van der Waals surface area contributed by atoms with E-state index in [-0.39, 0.29) is 18.2 Å². The molecule has 6 nitrogen and oxygen atoms in total. The second-order valence-electron chi connectivity index (χ2n) is 8.57. The lowest BCUT2D eigenvalue weighted by atomic mass is 9.67. The summed E-state index contributed by atoms with van der Waals surface area (Å²) in [6.07, 6.45) is 1.58. The van der Waals surface area contributed by atoms with Gasteiger partial charge in [0.05, 0.1) is 6.42 Å². The lowest BCUT2D eigenvalue weighted by Crippen LogP contribution is -2.37. The molecule has 7 heteroatoms. The molecule has 0 radical (unpaired) electrons. The zero-order chi connectivity index (χ0) is 24.3. The minimum atomic E-state index is -0.939. The highest BCUT2D eigenvalue weighted by molar-refractivity contribution is 6.30. The maximum absolute atomic E-state index is 13.1. The van der Waals surface area contributed by atoms with Gasteiger partial charge in [-0.1, -0.05) is 48.9 Å². The second kappa shape index (κ2) is 9.69. The highest BCUT2D eigenvalue weighted by Gasteiger charge is 2.42. The van der Waals surface area contributed by atoms with Gasteiger partial charge in [-0.3, -0.25) is 9.59 Å². The third-order valence-corrected chi connectivity index (χ3v) is 6.70. The highest BCUT2D eigenvalue weighted by atomic mass is 35.5. The van der Waals surface area contributed by atoms with E-state index in [0.29, 0.717) is 41.2 Å². The number of fused-ring (bicyclic) bond motifs is 1. The normalized spacial score (nSPS) is 17.1. The number of carbonyl (C=O) groups is 3. The third kappa shape index (κ3) is 4.97. The molecular formula is C27H25ClN2O4. The van der Waals surface area contributed by atoms with Gasteiger partial charge in [0.2, 0.25) is 0 Å². The van der Waals surface area contributed by atoms with E-state index in [2.05, 4.69) is 10.6 Å². The predicted octanol–water partition coefficient (Wildman–Crippen LogP) is 6.65. The van der Waals surface area contributed by atoms with Crippen LogP contribution in [0, 0.1) is 5.41 Å². The quantitative estimate of drug-likeness (QED) is 0.371. The monoisotopic (exact) mass is 476 g/mol. The number of hydrogen-bond donors (Lipinski definition) is 3. The van der Waals surface area contributed by atoms with Crippen molar-refractivity contribution in [3.8, 4) is 11.1 Å². The number of amides is 2. The molecule has 0 fully saturated rings. The lowest BCUT2D eigenvalue weighted by Gasteiger charge is -2.35. The molecule has 3 N–H and O–H groups in total. The SMILES string of the molecule is CC[C@]1(CC(=O)O)CCc2cc(-c3ccc(NC(=O)Nc4ccc(Cl)cc4)cc3)ccc2C1=O. The number of aryl methyl sites for hydroxylation is 1. The van der Waals surface area contributed by atoms with Crippen LogP contribution in [0.1, 0.15) is 42.1 Å². The number of benzene rings is 3. The van der Waals surface area contributed by atoms with Crippen LogP contribution in [0.5, 0.6) is 0 Å². The lowest BCUT2D eigenvalue weighted by molar-refractivity contribution is -0.139. The Morgan fingerprint density at radius 2 is 1.53 bits per heavy atom. The van der Waals surface area contributed by atoms with Crippen molar-refractivity contribution >= 4 is 40.8 Å². The van der Waals surface area contributed by atoms with Gasteiger partial charge in [-0.2, -0.15) is 0 Å². The number of hydrogen-bond acceptors (Lipinski definition) is 3. The number of rotatable bonds is 6. The van der Waals surface area contributed by atoms with Gasteiger partial charge in [-0.05, 0) is 72.4 Å². The van der Waals surface area contributed by atoms with Gasteiger partial charge in [0.15, 0.2) is 5.78 Å². The molecule has 0 spiro atoms. The van der Waals surface area contributed by atoms with Gasteiger partial charge in [0.25, 0.3) is 0 Å². The molecule has 0 saturated carbocycles. The van der Waals surface area contributed by atoms with E-state index in [9.17, 15) is 19.5 Å². The number of ketones is 1. The zero-order valence-corrected chi connectivity index (χ0v) is 19.5. The summed E-state index contributed by atoms with van der Waals surface area (Å²) < 4.78 is 0. The van der Waals surface area contributed by atoms with Crippen molar-refractivity contribution in [3.63, 3.8) is 0 Å². The van der Waals surface area contributed by atoms with Crippen LogP contribution >= 0.6 is 11.6 Å². The van der Waals surface area contributed by atoms with Crippen molar-refractivity contribution in [3.05, 3.63) is 82.9 Å². The van der Waals surface area contributed by atoms with E-state index < -0.39 is 11.4 Å². The minimum Gasteiger partial charge on any atom is -0.481 e. The molecule has 3 aromatic carbocycles. The van der Waals surface area contributed by atoms with E-state index in [1.54, 1.807) is 24.3 Å². The number of halogens is 1. The molecular weight excluding hydrogens is 452 g/mol. The molecule has 1 aliphatic rings. The van der Waals surface area contributed by atoms with Gasteiger partial charge in [-0.15, -0.1) is 0 Å². The predicted molar refractivity (Wildman–Crippen MR) is 134 cm³/mol. The third-order valence-electron chi connectivity index (χ3n) is 6.45. The second-order valence-corrected chi connectivity index (χ2v) is 9.01. The fraction of sp³-hybridized carbons (Fsp3) is 0.222. The molecule has 4 rings (SSSR count). The highest BCUT2D eigenvalue weighted by Crippen LogP contribution is 2.42. The van der Waals surface area contributed by atoms with Gasteiger partial charge in [0.1, 0.15) is 0 Å². The Hall–Kier alpha value is -3.64. The number of anilines is 2. The van der Waals surface area contributed by atoms with E-state index in [0.717, 1.165) is 16.7 Å². The number of carboxylic acids is 1. The Morgan fingerprint density at radius 1 is 0.941 bits per heavy atom. The minimum absolute atomic E-state index is 0.0727. The van der Waals surface area contributed by atoms with Crippen molar-refractivity contribution in [2.24, 2.45) is 5.41 Å². The summed E-state index contributed by atoms with van der Waals surface area (Å²) in [5.41, 5.74) is 3.95. The van der Waals surface area contributed by atoms with Crippen LogP contribution in [-0.2, 0) is 11.2 Å². The fourth-order valence-corrected chi connectivity index (χ4v) is 4.59. The summed E-state index contributed by atoms with van der Waals surface area (Å²) in [5, 5.41) is 15.4. The molecule has 0 bridgehead atoms. The maximum atomic E-state index is 13.1. The summed E-state index contributed by atoms with van der Waals surface area (Å²) in [6.45, 7) is 1.88. The first-order chi connectivity index (χ1) is 16.3. The molecule has 1 aliphatic carbocycles. The average molecular weight is 477 g/mol. The summed E-state index contributed by atoms with van der Waals surface area (Å²) >= 11 is 5.86. The molecule has 1 atom stereocenters. The van der Waals surface area contributed by atoms with Crippen molar-refractivity contribution in [1.82, 2.24) is 0 Å². The van der Waals surface area contributed by atoms with Crippen LogP contribution in [0.25, 0.3) is 11.1 Å². The molecule has 34 heavy (non-hydrogen) atoms. The van der Waals surface area contributed by atoms with E-state index >= 15 is 0 Å². The van der Waals surface area contributed by atoms with Gasteiger partial charge in [0, 0.05) is 27.4 Å². The Labute approximate surface area is 203 Å². The molecule has 0 heterocycles. The number of Topliss-reactive ketones (excluding diaryl/α,β-unsaturated/α-hetero) is 1. The Morgan fingerprint density at radius 3 is 2.12 bits per heavy atom. The standard InChI is InChI=1S/C27H25ClN2O4/c1-2-27(16-24(31)32)14-13-19-15-18(5-12-23(19)25(27)33)17-3-8-21(9-4-17)29-26(34)30-22-10-6-20(28)7-11-22/h3-12,15H,2,13-14,16H2,1H3,(H,31,32)(H2,29,30,34)/t27-/m1/s1. The number of nitrogens with one attached hydrogen (secondary N) is 2. The Kier molecular flexibility index (Phi) is 6.70. The van der Waals surface area contributed by atoms with Crippen LogP contribution in [0.2, 0.25) is 5.02 Å². The molecule has 3 aromatic rings. The van der Waals surface area contributed by atoms with Crippen LogP contribution in [-0.4, -0.2) is 22.9 Å². The van der Waals surface area contributed by atoms with E-state index in [4.69, 9.17) is 11.6 Å². The maximum Gasteiger partial charge on any atom is 0.323 e. The van der Waals surface area contributed by atoms with Crippen LogP contribution in [0.15, 0.2) is 66.7 Å². The smallest absolute Gasteiger partial charge is 0.323 e. The number of urea groups is 1. The topological polar surface area (TPSA) is 95.5 Å². The van der Waals surface area contributed by atoms with Crippen LogP contribution in [0.3, 0.4) is 0 Å². The first kappa shape index (κ1) is 23.5. The molecule has 0 saturated heterocycles. The van der Waals surface area contributed by atoms with E-state index in [1.807, 2.05) is 49.4 Å². The fourth-order valence-electron chi connectivity index (χ4n) is 4.47. The molecule has 174 valence electrons. The van der Waals surface area contributed by atoms with Crippen molar-refractivity contribution in [2.45, 2.75) is 32.6 Å². The van der Waals surface area contributed by atoms with Gasteiger partial charge < -0.3 is 15.7 Å². The van der Waals surface area contributed by atoms with Gasteiger partial charge in [-0.25, -0.2) is 4.79 Å². The van der Waals surface area contributed by atoms with Gasteiger partial charge >= 0.3 is 12.0 Å². The summed E-state index contributed by atoms with van der Waals surface area (Å²) in [4.78, 5) is 36.7. The number of carbonyl (C=O) groups excluding carboxylic acids is 2. The summed E-state index contributed by atoms with van der Waals surface area (Å²) in [6, 6.07) is 19.6.